The summed E-state index contributed by atoms with van der Waals surface area (Å²) in [5, 5.41) is 9.22. The lowest BCUT2D eigenvalue weighted by molar-refractivity contribution is 0.0676. The molecule has 14 heavy (non-hydrogen) atoms. The Balaban J connectivity index is 2.49. The van der Waals surface area contributed by atoms with Crippen LogP contribution in [-0.4, -0.2) is 20.6 Å². The lowest BCUT2D eigenvalue weighted by Crippen LogP contribution is -2.20. The molecule has 0 aliphatic carbocycles. The number of hydrogen-bond acceptors (Lipinski definition) is 2. The lowest BCUT2D eigenvalue weighted by atomic mass is 9.99. The second-order valence-electron chi connectivity index (χ2n) is 3.73. The zero-order valence-electron chi connectivity index (χ0n) is 7.83. The Morgan fingerprint density at radius 3 is 3.07 bits per heavy atom. The first-order valence-electron chi connectivity index (χ1n) is 4.57. The maximum absolute atomic E-state index is 10.8. The number of carboxylic acids is 1. The number of carboxylic acid groups (broad SMARTS) is 1. The molecule has 1 unspecified atom stereocenters. The normalized spacial score (nSPS) is 20.6. The van der Waals surface area contributed by atoms with E-state index in [1.54, 1.807) is 4.57 Å². The van der Waals surface area contributed by atoms with Gasteiger partial charge in [-0.15, -0.1) is 0 Å². The van der Waals surface area contributed by atoms with Crippen molar-refractivity contribution in [3.8, 4) is 0 Å². The van der Waals surface area contributed by atoms with Crippen LogP contribution in [0.4, 0.5) is 0 Å². The van der Waals surface area contributed by atoms with Crippen LogP contribution in [0.1, 0.15) is 29.7 Å². The lowest BCUT2D eigenvalue weighted by Gasteiger charge is -2.21. The van der Waals surface area contributed by atoms with Gasteiger partial charge < -0.3 is 9.67 Å². The highest BCUT2D eigenvalue weighted by Crippen LogP contribution is 2.27. The predicted octanol–water partition coefficient (Wildman–Crippen LogP) is 1.82. The van der Waals surface area contributed by atoms with E-state index >= 15 is 0 Å². The third kappa shape index (κ3) is 1.39. The van der Waals surface area contributed by atoms with Crippen LogP contribution in [-0.2, 0) is 13.0 Å². The third-order valence-electron chi connectivity index (χ3n) is 2.60. The van der Waals surface area contributed by atoms with Gasteiger partial charge in [0.2, 0.25) is 5.82 Å². The van der Waals surface area contributed by atoms with Crippen LogP contribution in [0.3, 0.4) is 0 Å². The van der Waals surface area contributed by atoms with Crippen LogP contribution in [0.15, 0.2) is 0 Å². The average molecular weight is 215 g/mol. The van der Waals surface area contributed by atoms with Crippen LogP contribution in [0.25, 0.3) is 0 Å². The number of fused-ring (bicyclic) bond motifs is 1. The molecule has 1 aromatic heterocycles. The van der Waals surface area contributed by atoms with E-state index < -0.39 is 5.97 Å². The third-order valence-corrected chi connectivity index (χ3v) is 2.90. The van der Waals surface area contributed by atoms with Crippen molar-refractivity contribution in [2.24, 2.45) is 5.92 Å². The fraction of sp³-hybridized carbons (Fsp3) is 0.556. The van der Waals surface area contributed by atoms with Crippen LogP contribution in [0.2, 0.25) is 5.15 Å². The van der Waals surface area contributed by atoms with Crippen LogP contribution < -0.4 is 0 Å². The van der Waals surface area contributed by atoms with Crippen LogP contribution in [0, 0.1) is 5.92 Å². The van der Waals surface area contributed by atoms with Crippen molar-refractivity contribution in [2.45, 2.75) is 26.3 Å². The molecule has 1 atom stereocenters. The molecule has 0 spiro atoms. The van der Waals surface area contributed by atoms with Gasteiger partial charge in [0.05, 0.1) is 5.69 Å². The highest BCUT2D eigenvalue weighted by molar-refractivity contribution is 6.30. The Kier molecular flexibility index (Phi) is 2.23. The van der Waals surface area contributed by atoms with E-state index in [0.717, 1.165) is 18.5 Å². The number of rotatable bonds is 1. The molecule has 1 N–H and O–H groups in total. The summed E-state index contributed by atoms with van der Waals surface area (Å²) in [7, 11) is 0. The molecule has 0 saturated carbocycles. The maximum atomic E-state index is 10.8. The molecule has 0 aromatic carbocycles. The van der Waals surface area contributed by atoms with E-state index in [9.17, 15) is 4.79 Å². The number of hydrogen-bond donors (Lipinski definition) is 1. The first kappa shape index (κ1) is 9.52. The predicted molar refractivity (Wildman–Crippen MR) is 51.7 cm³/mol. The van der Waals surface area contributed by atoms with Gasteiger partial charge in [-0.1, -0.05) is 18.5 Å². The topological polar surface area (TPSA) is 55.1 Å². The zero-order valence-corrected chi connectivity index (χ0v) is 8.58. The van der Waals surface area contributed by atoms with Crippen molar-refractivity contribution < 1.29 is 9.90 Å². The first-order chi connectivity index (χ1) is 6.59. The van der Waals surface area contributed by atoms with E-state index in [1.165, 1.54) is 0 Å². The molecule has 2 heterocycles. The molecule has 2 rings (SSSR count). The fourth-order valence-corrected chi connectivity index (χ4v) is 2.10. The SMILES string of the molecule is CC1CCn2c(C(=O)O)nc(Cl)c2C1. The molecule has 0 bridgehead atoms. The van der Waals surface area contributed by atoms with Gasteiger partial charge in [-0.05, 0) is 18.8 Å². The van der Waals surface area contributed by atoms with Gasteiger partial charge in [0.15, 0.2) is 5.15 Å². The molecule has 1 aliphatic rings. The zero-order chi connectivity index (χ0) is 10.3. The minimum absolute atomic E-state index is 0.0666. The van der Waals surface area contributed by atoms with E-state index in [2.05, 4.69) is 11.9 Å². The monoisotopic (exact) mass is 214 g/mol. The number of aromatic carboxylic acids is 1. The average Bonchev–Trinajstić information content (AvgIpc) is 2.44. The first-order valence-corrected chi connectivity index (χ1v) is 4.95. The largest absolute Gasteiger partial charge is 0.475 e. The van der Waals surface area contributed by atoms with Gasteiger partial charge in [0, 0.05) is 6.54 Å². The summed E-state index contributed by atoms with van der Waals surface area (Å²) in [6.07, 6.45) is 1.80. The fourth-order valence-electron chi connectivity index (χ4n) is 1.84. The molecule has 0 saturated heterocycles. The number of halogens is 1. The summed E-state index contributed by atoms with van der Waals surface area (Å²) >= 11 is 5.88. The van der Waals surface area contributed by atoms with Gasteiger partial charge in [-0.3, -0.25) is 0 Å². The summed E-state index contributed by atoms with van der Waals surface area (Å²) in [6, 6.07) is 0. The minimum Gasteiger partial charge on any atom is -0.475 e. The molecule has 1 aromatic rings. The molecule has 0 fully saturated rings. The van der Waals surface area contributed by atoms with Crippen molar-refractivity contribution in [3.05, 3.63) is 16.7 Å². The molecular weight excluding hydrogens is 204 g/mol. The van der Waals surface area contributed by atoms with E-state index in [0.29, 0.717) is 17.6 Å². The van der Waals surface area contributed by atoms with Crippen molar-refractivity contribution in [3.63, 3.8) is 0 Å². The van der Waals surface area contributed by atoms with Gasteiger partial charge in [0.25, 0.3) is 0 Å². The number of aromatic nitrogens is 2. The second kappa shape index (κ2) is 3.28. The van der Waals surface area contributed by atoms with Gasteiger partial charge >= 0.3 is 5.97 Å². The molecular formula is C9H11ClN2O2. The highest BCUT2D eigenvalue weighted by atomic mass is 35.5. The highest BCUT2D eigenvalue weighted by Gasteiger charge is 2.25. The van der Waals surface area contributed by atoms with Crippen LogP contribution in [0.5, 0.6) is 0 Å². The Labute approximate surface area is 86.5 Å². The quantitative estimate of drug-likeness (QED) is 0.776. The molecule has 4 nitrogen and oxygen atoms in total. The summed E-state index contributed by atoms with van der Waals surface area (Å²) in [4.78, 5) is 14.7. The van der Waals surface area contributed by atoms with E-state index in [-0.39, 0.29) is 5.82 Å². The summed E-state index contributed by atoms with van der Waals surface area (Å²) in [5.74, 6) is -0.386. The van der Waals surface area contributed by atoms with Crippen molar-refractivity contribution in [1.29, 1.82) is 0 Å². The Bertz CT molecular complexity index is 386. The van der Waals surface area contributed by atoms with E-state index in [1.807, 2.05) is 0 Å². The van der Waals surface area contributed by atoms with Gasteiger partial charge in [-0.2, -0.15) is 0 Å². The molecule has 5 heteroatoms. The number of imidazole rings is 1. The van der Waals surface area contributed by atoms with Gasteiger partial charge in [0.1, 0.15) is 0 Å². The number of carbonyl (C=O) groups is 1. The second-order valence-corrected chi connectivity index (χ2v) is 4.09. The van der Waals surface area contributed by atoms with Gasteiger partial charge in [-0.25, -0.2) is 9.78 Å². The number of nitrogens with zero attached hydrogens (tertiary/aromatic N) is 2. The standard InChI is InChI=1S/C9H11ClN2O2/c1-5-2-3-12-6(4-5)7(10)11-8(12)9(13)14/h5H,2-4H2,1H3,(H,13,14). The Morgan fingerprint density at radius 1 is 1.71 bits per heavy atom. The molecule has 76 valence electrons. The summed E-state index contributed by atoms with van der Waals surface area (Å²) in [5.41, 5.74) is 0.864. The van der Waals surface area contributed by atoms with E-state index in [4.69, 9.17) is 16.7 Å². The van der Waals surface area contributed by atoms with Crippen LogP contribution >= 0.6 is 11.6 Å². The smallest absolute Gasteiger partial charge is 0.372 e. The summed E-state index contributed by atoms with van der Waals surface area (Å²) < 4.78 is 1.71. The Hall–Kier alpha value is -1.03. The Morgan fingerprint density at radius 2 is 2.43 bits per heavy atom. The molecule has 0 radical (unpaired) electrons. The minimum atomic E-state index is -1.01. The maximum Gasteiger partial charge on any atom is 0.372 e. The van der Waals surface area contributed by atoms with Crippen molar-refractivity contribution in [2.75, 3.05) is 0 Å². The van der Waals surface area contributed by atoms with Crippen molar-refractivity contribution >= 4 is 17.6 Å². The molecule has 0 amide bonds. The molecule has 1 aliphatic heterocycles. The van der Waals surface area contributed by atoms with Crippen molar-refractivity contribution in [1.82, 2.24) is 9.55 Å². The summed E-state index contributed by atoms with van der Waals surface area (Å²) in [6.45, 7) is 2.84.